The highest BCUT2D eigenvalue weighted by Gasteiger charge is 2.33. The number of aromatic nitrogens is 2. The van der Waals surface area contributed by atoms with Gasteiger partial charge in [0.15, 0.2) is 0 Å². The third kappa shape index (κ3) is 3.30. The molecule has 1 aliphatic heterocycles. The molecule has 2 atom stereocenters. The lowest BCUT2D eigenvalue weighted by Gasteiger charge is -2.36. The van der Waals surface area contributed by atoms with Crippen molar-refractivity contribution in [2.45, 2.75) is 31.7 Å². The predicted molar refractivity (Wildman–Crippen MR) is 83.5 cm³/mol. The van der Waals surface area contributed by atoms with Crippen LogP contribution in [-0.4, -0.2) is 32.6 Å². The summed E-state index contributed by atoms with van der Waals surface area (Å²) in [6.45, 7) is 0.583. The number of amides is 1. The maximum atomic E-state index is 11.4. The Morgan fingerprint density at radius 1 is 1.36 bits per heavy atom. The first kappa shape index (κ1) is 14.6. The Balaban J connectivity index is 1.64. The Morgan fingerprint density at radius 3 is 2.86 bits per heavy atom. The average molecular weight is 299 g/mol. The van der Waals surface area contributed by atoms with Crippen LogP contribution in [0.25, 0.3) is 0 Å². The molecule has 1 amide bonds. The molecule has 1 aromatic heterocycles. The van der Waals surface area contributed by atoms with E-state index in [1.54, 1.807) is 12.4 Å². The van der Waals surface area contributed by atoms with Crippen LogP contribution >= 0.6 is 0 Å². The minimum Gasteiger partial charge on any atom is -0.465 e. The highest BCUT2D eigenvalue weighted by molar-refractivity contribution is 5.65. The number of rotatable bonds is 4. The summed E-state index contributed by atoms with van der Waals surface area (Å²) >= 11 is 0. The Kier molecular flexibility index (Phi) is 4.42. The van der Waals surface area contributed by atoms with Crippen LogP contribution in [0.5, 0.6) is 0 Å². The summed E-state index contributed by atoms with van der Waals surface area (Å²) in [4.78, 5) is 20.3. The lowest BCUT2D eigenvalue weighted by molar-refractivity contribution is 0.0847. The molecule has 1 aliphatic rings. The Hall–Kier alpha value is -2.30. The first-order chi connectivity index (χ1) is 10.7. The van der Waals surface area contributed by atoms with Crippen LogP contribution in [0.3, 0.4) is 0 Å². The molecule has 116 valence electrons. The average Bonchev–Trinajstić information content (AvgIpc) is 3.08. The number of hydrogen-bond acceptors (Lipinski definition) is 2. The van der Waals surface area contributed by atoms with Crippen molar-refractivity contribution in [2.24, 2.45) is 5.92 Å². The summed E-state index contributed by atoms with van der Waals surface area (Å²) < 4.78 is 0. The van der Waals surface area contributed by atoms with Gasteiger partial charge in [-0.15, -0.1) is 0 Å². The van der Waals surface area contributed by atoms with Crippen molar-refractivity contribution >= 4 is 6.09 Å². The molecule has 0 aliphatic carbocycles. The fourth-order valence-electron chi connectivity index (χ4n) is 3.26. The smallest absolute Gasteiger partial charge is 0.407 e. The number of piperidine rings is 1. The Labute approximate surface area is 130 Å². The van der Waals surface area contributed by atoms with Gasteiger partial charge in [0, 0.05) is 18.9 Å². The van der Waals surface area contributed by atoms with Gasteiger partial charge in [-0.25, -0.2) is 9.78 Å². The Morgan fingerprint density at radius 2 is 2.18 bits per heavy atom. The van der Waals surface area contributed by atoms with E-state index in [-0.39, 0.29) is 6.04 Å². The zero-order valence-electron chi connectivity index (χ0n) is 12.5. The van der Waals surface area contributed by atoms with E-state index < -0.39 is 6.09 Å². The number of nitrogens with zero attached hydrogens (tertiary/aromatic N) is 2. The van der Waals surface area contributed by atoms with Crippen LogP contribution in [0, 0.1) is 5.92 Å². The maximum absolute atomic E-state index is 11.4. The van der Waals surface area contributed by atoms with Crippen molar-refractivity contribution in [1.82, 2.24) is 14.9 Å². The molecule has 1 saturated heterocycles. The number of nitrogens with one attached hydrogen (secondary N) is 1. The van der Waals surface area contributed by atoms with E-state index in [9.17, 15) is 9.90 Å². The molecule has 2 heterocycles. The second-order valence-electron chi connectivity index (χ2n) is 5.88. The summed E-state index contributed by atoms with van der Waals surface area (Å²) in [5.74, 6) is 1.29. The molecule has 0 saturated carbocycles. The van der Waals surface area contributed by atoms with Crippen LogP contribution in [0.1, 0.15) is 36.7 Å². The molecular formula is C17H21N3O2. The number of imidazole rings is 1. The molecule has 2 N–H and O–H groups in total. The van der Waals surface area contributed by atoms with Crippen molar-refractivity contribution in [3.05, 3.63) is 54.1 Å². The van der Waals surface area contributed by atoms with E-state index in [4.69, 9.17) is 0 Å². The fourth-order valence-corrected chi connectivity index (χ4v) is 3.26. The third-order valence-corrected chi connectivity index (χ3v) is 4.48. The van der Waals surface area contributed by atoms with E-state index in [1.165, 1.54) is 10.5 Å². The summed E-state index contributed by atoms with van der Waals surface area (Å²) in [6, 6.07) is 10.3. The minimum absolute atomic E-state index is 0.151. The summed E-state index contributed by atoms with van der Waals surface area (Å²) in [6.07, 6.45) is 6.48. The first-order valence-electron chi connectivity index (χ1n) is 7.77. The maximum Gasteiger partial charge on any atom is 0.407 e. The van der Waals surface area contributed by atoms with E-state index in [0.717, 1.165) is 31.5 Å². The van der Waals surface area contributed by atoms with Gasteiger partial charge in [0.1, 0.15) is 5.82 Å². The van der Waals surface area contributed by atoms with Crippen LogP contribution in [0.2, 0.25) is 0 Å². The zero-order chi connectivity index (χ0) is 15.4. The van der Waals surface area contributed by atoms with E-state index in [2.05, 4.69) is 34.2 Å². The topological polar surface area (TPSA) is 69.2 Å². The minimum atomic E-state index is -0.858. The van der Waals surface area contributed by atoms with Crippen molar-refractivity contribution < 1.29 is 9.90 Å². The van der Waals surface area contributed by atoms with E-state index >= 15 is 0 Å². The van der Waals surface area contributed by atoms with Crippen LogP contribution in [-0.2, 0) is 6.42 Å². The van der Waals surface area contributed by atoms with Gasteiger partial charge < -0.3 is 10.1 Å². The van der Waals surface area contributed by atoms with Crippen molar-refractivity contribution in [3.63, 3.8) is 0 Å². The molecule has 3 rings (SSSR count). The molecule has 0 bridgehead atoms. The second-order valence-corrected chi connectivity index (χ2v) is 5.88. The molecule has 22 heavy (non-hydrogen) atoms. The first-order valence-corrected chi connectivity index (χ1v) is 7.77. The lowest BCUT2D eigenvalue weighted by atomic mass is 9.86. The third-order valence-electron chi connectivity index (χ3n) is 4.48. The molecule has 1 aromatic carbocycles. The lowest BCUT2D eigenvalue weighted by Crippen LogP contribution is -2.40. The standard InChI is InChI=1S/C17H21N3O2/c21-17(22)20-11-8-14(7-6-13-4-2-1-3-5-13)12-15(20)16-18-9-10-19-16/h1-5,9-10,14-15H,6-8,11-12H2,(H,18,19)(H,21,22). The number of H-pyrrole nitrogens is 1. The number of aryl methyl sites for hydroxylation is 1. The molecular weight excluding hydrogens is 278 g/mol. The fraction of sp³-hybridized carbons (Fsp3) is 0.412. The van der Waals surface area contributed by atoms with Gasteiger partial charge in [-0.05, 0) is 37.2 Å². The number of carboxylic acid groups (broad SMARTS) is 1. The van der Waals surface area contributed by atoms with Gasteiger partial charge in [-0.2, -0.15) is 0 Å². The summed E-state index contributed by atoms with van der Waals surface area (Å²) in [5, 5.41) is 9.39. The number of benzene rings is 1. The van der Waals surface area contributed by atoms with Gasteiger partial charge in [-0.3, -0.25) is 4.90 Å². The highest BCUT2D eigenvalue weighted by atomic mass is 16.4. The number of carbonyl (C=O) groups is 1. The van der Waals surface area contributed by atoms with Gasteiger partial charge in [-0.1, -0.05) is 30.3 Å². The highest BCUT2D eigenvalue weighted by Crippen LogP contribution is 2.34. The second kappa shape index (κ2) is 6.64. The summed E-state index contributed by atoms with van der Waals surface area (Å²) in [7, 11) is 0. The normalized spacial score (nSPS) is 21.7. The molecule has 5 heteroatoms. The summed E-state index contributed by atoms with van der Waals surface area (Å²) in [5.41, 5.74) is 1.35. The molecule has 5 nitrogen and oxygen atoms in total. The number of aromatic amines is 1. The van der Waals surface area contributed by atoms with Crippen molar-refractivity contribution in [2.75, 3.05) is 6.54 Å². The SMILES string of the molecule is O=C(O)N1CCC(CCc2ccccc2)CC1c1ncc[nH]1. The molecule has 1 fully saturated rings. The largest absolute Gasteiger partial charge is 0.465 e. The number of hydrogen-bond donors (Lipinski definition) is 2. The van der Waals surface area contributed by atoms with Gasteiger partial charge in [0.05, 0.1) is 6.04 Å². The van der Waals surface area contributed by atoms with E-state index in [1.807, 2.05) is 6.07 Å². The molecule has 0 radical (unpaired) electrons. The Bertz CT molecular complexity index is 598. The predicted octanol–water partition coefficient (Wildman–Crippen LogP) is 3.47. The van der Waals surface area contributed by atoms with Crippen molar-refractivity contribution in [1.29, 1.82) is 0 Å². The number of likely N-dealkylation sites (tertiary alicyclic amines) is 1. The van der Waals surface area contributed by atoms with Gasteiger partial charge >= 0.3 is 6.09 Å². The van der Waals surface area contributed by atoms with E-state index in [0.29, 0.717) is 12.5 Å². The molecule has 2 unspecified atom stereocenters. The zero-order valence-corrected chi connectivity index (χ0v) is 12.5. The van der Waals surface area contributed by atoms with Gasteiger partial charge in [0.2, 0.25) is 0 Å². The quantitative estimate of drug-likeness (QED) is 0.908. The van der Waals surface area contributed by atoms with Crippen molar-refractivity contribution in [3.8, 4) is 0 Å². The molecule has 2 aromatic rings. The van der Waals surface area contributed by atoms with Crippen LogP contribution in [0.4, 0.5) is 4.79 Å². The van der Waals surface area contributed by atoms with Crippen LogP contribution in [0.15, 0.2) is 42.7 Å². The monoisotopic (exact) mass is 299 g/mol. The van der Waals surface area contributed by atoms with Gasteiger partial charge in [0.25, 0.3) is 0 Å². The molecule has 0 spiro atoms. The van der Waals surface area contributed by atoms with Crippen LogP contribution < -0.4 is 0 Å².